The van der Waals surface area contributed by atoms with E-state index in [1.165, 1.54) is 11.1 Å². The lowest BCUT2D eigenvalue weighted by Gasteiger charge is -2.08. The summed E-state index contributed by atoms with van der Waals surface area (Å²) in [5.74, 6) is 0.636. The van der Waals surface area contributed by atoms with Crippen molar-refractivity contribution in [2.24, 2.45) is 0 Å². The molecule has 0 nitrogen and oxygen atoms in total. The fourth-order valence-corrected chi connectivity index (χ4v) is 1.37. The fraction of sp³-hybridized carbons (Fsp3) is 0.385. The van der Waals surface area contributed by atoms with E-state index in [2.05, 4.69) is 57.2 Å². The number of aryl methyl sites for hydroxylation is 1. The molecule has 0 aliphatic rings. The molecule has 0 saturated carbocycles. The molecule has 13 heavy (non-hydrogen) atoms. The van der Waals surface area contributed by atoms with Crippen LogP contribution in [0, 0.1) is 6.92 Å². The van der Waals surface area contributed by atoms with Crippen molar-refractivity contribution in [2.75, 3.05) is 0 Å². The summed E-state index contributed by atoms with van der Waals surface area (Å²) >= 11 is 0. The molecule has 0 heterocycles. The van der Waals surface area contributed by atoms with Gasteiger partial charge in [0.25, 0.3) is 0 Å². The molecule has 0 aliphatic carbocycles. The number of allylic oxidation sites excluding steroid dienone is 2. The first-order valence-corrected chi connectivity index (χ1v) is 4.91. The lowest BCUT2D eigenvalue weighted by Crippen LogP contribution is -1.91. The van der Waals surface area contributed by atoms with Crippen LogP contribution in [0.25, 0.3) is 0 Å². The van der Waals surface area contributed by atoms with Crippen molar-refractivity contribution in [1.29, 1.82) is 0 Å². The highest BCUT2D eigenvalue weighted by molar-refractivity contribution is 5.24. The van der Waals surface area contributed by atoms with Crippen LogP contribution in [0.3, 0.4) is 0 Å². The van der Waals surface area contributed by atoms with Crippen LogP contribution in [0.1, 0.15) is 37.3 Å². The van der Waals surface area contributed by atoms with E-state index in [1.54, 1.807) is 0 Å². The Balaban J connectivity index is 2.66. The first-order chi connectivity index (χ1) is 6.24. The van der Waals surface area contributed by atoms with Crippen LogP contribution < -0.4 is 0 Å². The Morgan fingerprint density at radius 3 is 2.38 bits per heavy atom. The molecule has 0 amide bonds. The molecule has 1 aromatic rings. The minimum Gasteiger partial charge on any atom is -0.0916 e. The van der Waals surface area contributed by atoms with Crippen molar-refractivity contribution in [1.82, 2.24) is 0 Å². The topological polar surface area (TPSA) is 0 Å². The molecular formula is C13H18. The smallest absolute Gasteiger partial charge is 0.0156 e. The predicted molar refractivity (Wildman–Crippen MR) is 59.0 cm³/mol. The van der Waals surface area contributed by atoms with Crippen LogP contribution in [-0.4, -0.2) is 0 Å². The lowest BCUT2D eigenvalue weighted by molar-refractivity contribution is 0.779. The van der Waals surface area contributed by atoms with E-state index in [-0.39, 0.29) is 0 Å². The summed E-state index contributed by atoms with van der Waals surface area (Å²) in [6, 6.07) is 8.82. The van der Waals surface area contributed by atoms with E-state index in [4.69, 9.17) is 0 Å². The molecule has 0 heteroatoms. The van der Waals surface area contributed by atoms with Crippen molar-refractivity contribution in [3.05, 3.63) is 47.5 Å². The van der Waals surface area contributed by atoms with Gasteiger partial charge in [-0.15, -0.1) is 0 Å². The van der Waals surface area contributed by atoms with Crippen LogP contribution in [0.2, 0.25) is 0 Å². The molecule has 0 N–H and O–H groups in total. The molecule has 1 atom stereocenters. The Morgan fingerprint density at radius 1 is 1.23 bits per heavy atom. The highest BCUT2D eigenvalue weighted by Crippen LogP contribution is 2.19. The van der Waals surface area contributed by atoms with Crippen molar-refractivity contribution < 1.29 is 0 Å². The standard InChI is InChI=1S/C13H18/c1-4-5-6-12(3)13-9-7-11(2)8-10-13/h4-5,7-10,12H,6H2,1-3H3/b5-4-. The normalized spacial score (nSPS) is 13.5. The molecule has 0 saturated heterocycles. The van der Waals surface area contributed by atoms with Crippen molar-refractivity contribution in [2.45, 2.75) is 33.1 Å². The van der Waals surface area contributed by atoms with Crippen molar-refractivity contribution >= 4 is 0 Å². The van der Waals surface area contributed by atoms with E-state index >= 15 is 0 Å². The SMILES string of the molecule is C/C=C\CC(C)c1ccc(C)cc1. The first kappa shape index (κ1) is 10.0. The van der Waals surface area contributed by atoms with E-state index in [9.17, 15) is 0 Å². The monoisotopic (exact) mass is 174 g/mol. The Morgan fingerprint density at radius 2 is 1.85 bits per heavy atom. The summed E-state index contributed by atoms with van der Waals surface area (Å²) in [6.45, 7) is 6.47. The van der Waals surface area contributed by atoms with Crippen LogP contribution >= 0.6 is 0 Å². The molecule has 0 aliphatic heterocycles. The maximum absolute atomic E-state index is 2.27. The lowest BCUT2D eigenvalue weighted by atomic mass is 9.97. The number of hydrogen-bond acceptors (Lipinski definition) is 0. The molecule has 1 aromatic carbocycles. The second-order valence-electron chi connectivity index (χ2n) is 3.62. The molecular weight excluding hydrogens is 156 g/mol. The Kier molecular flexibility index (Phi) is 3.75. The number of rotatable bonds is 3. The van der Waals surface area contributed by atoms with Gasteiger partial charge in [-0.3, -0.25) is 0 Å². The molecule has 1 rings (SSSR count). The van der Waals surface area contributed by atoms with E-state index < -0.39 is 0 Å². The van der Waals surface area contributed by atoms with Gasteiger partial charge in [0.15, 0.2) is 0 Å². The molecule has 0 fully saturated rings. The minimum absolute atomic E-state index is 0.636. The molecule has 0 spiro atoms. The second kappa shape index (κ2) is 4.86. The highest BCUT2D eigenvalue weighted by atomic mass is 14.1. The zero-order chi connectivity index (χ0) is 9.68. The number of benzene rings is 1. The van der Waals surface area contributed by atoms with Crippen molar-refractivity contribution in [3.8, 4) is 0 Å². The fourth-order valence-electron chi connectivity index (χ4n) is 1.37. The Hall–Kier alpha value is -1.04. The quantitative estimate of drug-likeness (QED) is 0.606. The van der Waals surface area contributed by atoms with Gasteiger partial charge in [-0.25, -0.2) is 0 Å². The van der Waals surface area contributed by atoms with E-state index in [0.717, 1.165) is 6.42 Å². The van der Waals surface area contributed by atoms with Gasteiger partial charge in [0.05, 0.1) is 0 Å². The van der Waals surface area contributed by atoms with Gasteiger partial charge in [0, 0.05) is 0 Å². The van der Waals surface area contributed by atoms with Gasteiger partial charge < -0.3 is 0 Å². The van der Waals surface area contributed by atoms with Crippen LogP contribution in [0.4, 0.5) is 0 Å². The van der Waals surface area contributed by atoms with Gasteiger partial charge in [0.2, 0.25) is 0 Å². The van der Waals surface area contributed by atoms with E-state index in [1.807, 2.05) is 0 Å². The highest BCUT2D eigenvalue weighted by Gasteiger charge is 2.01. The zero-order valence-corrected chi connectivity index (χ0v) is 8.75. The first-order valence-electron chi connectivity index (χ1n) is 4.91. The van der Waals surface area contributed by atoms with E-state index in [0.29, 0.717) is 5.92 Å². The summed E-state index contributed by atoms with van der Waals surface area (Å²) < 4.78 is 0. The maximum Gasteiger partial charge on any atom is -0.0156 e. The molecule has 70 valence electrons. The zero-order valence-electron chi connectivity index (χ0n) is 8.75. The Labute approximate surface area is 81.3 Å². The summed E-state index contributed by atoms with van der Waals surface area (Å²) in [5, 5.41) is 0. The minimum atomic E-state index is 0.636. The average Bonchev–Trinajstić information content (AvgIpc) is 2.15. The number of hydrogen-bond donors (Lipinski definition) is 0. The average molecular weight is 174 g/mol. The summed E-state index contributed by atoms with van der Waals surface area (Å²) in [6.07, 6.45) is 5.48. The van der Waals surface area contributed by atoms with Gasteiger partial charge >= 0.3 is 0 Å². The van der Waals surface area contributed by atoms with Crippen molar-refractivity contribution in [3.63, 3.8) is 0 Å². The molecule has 0 bridgehead atoms. The maximum atomic E-state index is 2.27. The third-order valence-corrected chi connectivity index (χ3v) is 2.37. The predicted octanol–water partition coefficient (Wildman–Crippen LogP) is 4.06. The second-order valence-corrected chi connectivity index (χ2v) is 3.62. The van der Waals surface area contributed by atoms with Crippen LogP contribution in [-0.2, 0) is 0 Å². The third kappa shape index (κ3) is 3.06. The van der Waals surface area contributed by atoms with Gasteiger partial charge in [-0.2, -0.15) is 0 Å². The third-order valence-electron chi connectivity index (χ3n) is 2.37. The van der Waals surface area contributed by atoms with Gasteiger partial charge in [-0.05, 0) is 31.7 Å². The summed E-state index contributed by atoms with van der Waals surface area (Å²) in [4.78, 5) is 0. The summed E-state index contributed by atoms with van der Waals surface area (Å²) in [7, 11) is 0. The molecule has 0 aromatic heterocycles. The Bertz CT molecular complexity index is 267. The summed E-state index contributed by atoms with van der Waals surface area (Å²) in [5.41, 5.74) is 2.77. The van der Waals surface area contributed by atoms with Crippen LogP contribution in [0.5, 0.6) is 0 Å². The molecule has 0 radical (unpaired) electrons. The van der Waals surface area contributed by atoms with Gasteiger partial charge in [0.1, 0.15) is 0 Å². The van der Waals surface area contributed by atoms with Crippen LogP contribution in [0.15, 0.2) is 36.4 Å². The molecule has 1 unspecified atom stereocenters. The largest absolute Gasteiger partial charge is 0.0916 e. The van der Waals surface area contributed by atoms with Gasteiger partial charge in [-0.1, -0.05) is 48.9 Å².